The molecule has 2 fully saturated rings. The van der Waals surface area contributed by atoms with Crippen molar-refractivity contribution >= 4 is 18.3 Å². The zero-order valence-corrected chi connectivity index (χ0v) is 12.9. The van der Waals surface area contributed by atoms with Crippen LogP contribution in [0.2, 0.25) is 0 Å². The molecule has 1 aliphatic carbocycles. The summed E-state index contributed by atoms with van der Waals surface area (Å²) in [6, 6.07) is 0. The molecule has 1 saturated heterocycles. The van der Waals surface area contributed by atoms with Crippen molar-refractivity contribution in [3.8, 4) is 0 Å². The number of amides is 1. The highest BCUT2D eigenvalue weighted by Gasteiger charge is 2.40. The maximum atomic E-state index is 12.7. The van der Waals surface area contributed by atoms with Gasteiger partial charge < -0.3 is 15.4 Å². The van der Waals surface area contributed by atoms with Gasteiger partial charge in [0.1, 0.15) is 0 Å². The molecule has 1 amide bonds. The van der Waals surface area contributed by atoms with E-state index in [1.165, 1.54) is 0 Å². The summed E-state index contributed by atoms with van der Waals surface area (Å²) in [6.07, 6.45) is 5.26. The molecule has 1 saturated carbocycles. The standard InChI is InChI=1S/C14H26N2O2.ClH/c1-11-10-16(8-5-9-18-11)13(17)12-6-3-4-7-14(12,2)15;/h11-12H,3-10,15H2,1-2H3;1H. The van der Waals surface area contributed by atoms with Gasteiger partial charge in [0, 0.05) is 25.2 Å². The van der Waals surface area contributed by atoms with Gasteiger partial charge in [-0.15, -0.1) is 12.4 Å². The molecule has 2 N–H and O–H groups in total. The number of hydrogen-bond acceptors (Lipinski definition) is 3. The number of hydrogen-bond donors (Lipinski definition) is 1. The Morgan fingerprint density at radius 2 is 2.11 bits per heavy atom. The van der Waals surface area contributed by atoms with Gasteiger partial charge in [-0.25, -0.2) is 0 Å². The maximum Gasteiger partial charge on any atom is 0.227 e. The molecule has 3 atom stereocenters. The molecule has 0 bridgehead atoms. The third kappa shape index (κ3) is 4.07. The van der Waals surface area contributed by atoms with Crippen molar-refractivity contribution < 1.29 is 9.53 Å². The maximum absolute atomic E-state index is 12.7. The van der Waals surface area contributed by atoms with Gasteiger partial charge in [-0.1, -0.05) is 12.8 Å². The van der Waals surface area contributed by atoms with E-state index in [0.29, 0.717) is 6.54 Å². The average molecular weight is 291 g/mol. The highest BCUT2D eigenvalue weighted by molar-refractivity contribution is 5.85. The lowest BCUT2D eigenvalue weighted by molar-refractivity contribution is -0.139. The molecular weight excluding hydrogens is 264 g/mol. The van der Waals surface area contributed by atoms with Crippen molar-refractivity contribution in [1.82, 2.24) is 4.90 Å². The van der Waals surface area contributed by atoms with Gasteiger partial charge in [-0.3, -0.25) is 4.79 Å². The number of carbonyl (C=O) groups excluding carboxylic acids is 1. The van der Waals surface area contributed by atoms with Crippen molar-refractivity contribution in [2.75, 3.05) is 19.7 Å². The fraction of sp³-hybridized carbons (Fsp3) is 0.929. The van der Waals surface area contributed by atoms with Gasteiger partial charge in [-0.2, -0.15) is 0 Å². The van der Waals surface area contributed by atoms with Gasteiger partial charge in [0.05, 0.1) is 12.0 Å². The molecule has 1 heterocycles. The van der Waals surface area contributed by atoms with E-state index in [9.17, 15) is 4.79 Å². The number of halogens is 1. The van der Waals surface area contributed by atoms with Crippen LogP contribution in [0.15, 0.2) is 0 Å². The average Bonchev–Trinajstić information content (AvgIpc) is 2.52. The van der Waals surface area contributed by atoms with Gasteiger partial charge in [-0.05, 0) is 33.1 Å². The highest BCUT2D eigenvalue weighted by atomic mass is 35.5. The smallest absolute Gasteiger partial charge is 0.227 e. The number of nitrogens with two attached hydrogens (primary N) is 1. The SMILES string of the molecule is CC1CN(C(=O)C2CCCCC2(C)N)CCCO1.Cl. The first kappa shape index (κ1) is 16.7. The molecule has 2 rings (SSSR count). The second-order valence-electron chi connectivity index (χ2n) is 6.12. The molecule has 112 valence electrons. The molecule has 19 heavy (non-hydrogen) atoms. The van der Waals surface area contributed by atoms with Crippen LogP contribution >= 0.6 is 12.4 Å². The van der Waals surface area contributed by atoms with Crippen molar-refractivity contribution in [1.29, 1.82) is 0 Å². The summed E-state index contributed by atoms with van der Waals surface area (Å²) >= 11 is 0. The molecule has 5 heteroatoms. The Kier molecular flexibility index (Phi) is 6.09. The quantitative estimate of drug-likeness (QED) is 0.803. The van der Waals surface area contributed by atoms with E-state index in [1.807, 2.05) is 18.7 Å². The minimum absolute atomic E-state index is 0. The summed E-state index contributed by atoms with van der Waals surface area (Å²) in [7, 11) is 0. The van der Waals surface area contributed by atoms with Crippen molar-refractivity contribution in [3.05, 3.63) is 0 Å². The van der Waals surface area contributed by atoms with Crippen molar-refractivity contribution in [3.63, 3.8) is 0 Å². The summed E-state index contributed by atoms with van der Waals surface area (Å²) in [6.45, 7) is 6.36. The van der Waals surface area contributed by atoms with Crippen LogP contribution in [-0.4, -0.2) is 42.1 Å². The largest absolute Gasteiger partial charge is 0.377 e. The van der Waals surface area contributed by atoms with Crippen LogP contribution in [0.4, 0.5) is 0 Å². The molecular formula is C14H27ClN2O2. The molecule has 3 unspecified atom stereocenters. The lowest BCUT2D eigenvalue weighted by atomic mass is 9.74. The van der Waals surface area contributed by atoms with Gasteiger partial charge in [0.25, 0.3) is 0 Å². The molecule has 0 aromatic carbocycles. The molecule has 0 spiro atoms. The van der Waals surface area contributed by atoms with Gasteiger partial charge in [0.2, 0.25) is 5.91 Å². The summed E-state index contributed by atoms with van der Waals surface area (Å²) in [4.78, 5) is 14.6. The van der Waals surface area contributed by atoms with Crippen LogP contribution in [0.3, 0.4) is 0 Å². The first-order valence-electron chi connectivity index (χ1n) is 7.20. The Balaban J connectivity index is 0.00000180. The minimum atomic E-state index is -0.328. The van der Waals surface area contributed by atoms with Crippen LogP contribution in [0.1, 0.15) is 46.0 Å². The second-order valence-corrected chi connectivity index (χ2v) is 6.12. The van der Waals surface area contributed by atoms with Crippen molar-refractivity contribution in [2.45, 2.75) is 57.6 Å². The van der Waals surface area contributed by atoms with E-state index in [2.05, 4.69) is 0 Å². The van der Waals surface area contributed by atoms with E-state index < -0.39 is 0 Å². The topological polar surface area (TPSA) is 55.6 Å². The summed E-state index contributed by atoms with van der Waals surface area (Å²) in [5, 5.41) is 0. The summed E-state index contributed by atoms with van der Waals surface area (Å²) in [5.41, 5.74) is 6.00. The first-order chi connectivity index (χ1) is 8.50. The predicted molar refractivity (Wildman–Crippen MR) is 78.4 cm³/mol. The van der Waals surface area contributed by atoms with Gasteiger partial charge >= 0.3 is 0 Å². The Hall–Kier alpha value is -0.320. The monoisotopic (exact) mass is 290 g/mol. The van der Waals surface area contributed by atoms with Crippen LogP contribution in [0, 0.1) is 5.92 Å². The Bertz CT molecular complexity index is 310. The fourth-order valence-corrected chi connectivity index (χ4v) is 3.18. The van der Waals surface area contributed by atoms with E-state index >= 15 is 0 Å². The molecule has 1 aliphatic heterocycles. The number of nitrogens with zero attached hydrogens (tertiary/aromatic N) is 1. The summed E-state index contributed by atoms with van der Waals surface area (Å²) < 4.78 is 5.60. The van der Waals surface area contributed by atoms with Gasteiger partial charge in [0.15, 0.2) is 0 Å². The fourth-order valence-electron chi connectivity index (χ4n) is 3.18. The molecule has 0 radical (unpaired) electrons. The molecule has 4 nitrogen and oxygen atoms in total. The van der Waals surface area contributed by atoms with E-state index in [4.69, 9.17) is 10.5 Å². The Morgan fingerprint density at radius 1 is 1.37 bits per heavy atom. The Morgan fingerprint density at radius 3 is 2.79 bits per heavy atom. The van der Waals surface area contributed by atoms with E-state index in [0.717, 1.165) is 45.3 Å². The van der Waals surface area contributed by atoms with Crippen LogP contribution in [-0.2, 0) is 9.53 Å². The zero-order valence-electron chi connectivity index (χ0n) is 12.1. The molecule has 2 aliphatic rings. The first-order valence-corrected chi connectivity index (χ1v) is 7.20. The van der Waals surface area contributed by atoms with Crippen LogP contribution in [0.5, 0.6) is 0 Å². The third-order valence-corrected chi connectivity index (χ3v) is 4.32. The zero-order chi connectivity index (χ0) is 13.2. The number of carbonyl (C=O) groups is 1. The third-order valence-electron chi connectivity index (χ3n) is 4.32. The highest BCUT2D eigenvalue weighted by Crippen LogP contribution is 2.33. The lowest BCUT2D eigenvalue weighted by Gasteiger charge is -2.40. The normalized spacial score (nSPS) is 36.3. The predicted octanol–water partition coefficient (Wildman–Crippen LogP) is 1.95. The van der Waals surface area contributed by atoms with Crippen LogP contribution < -0.4 is 5.73 Å². The minimum Gasteiger partial charge on any atom is -0.377 e. The second kappa shape index (κ2) is 6.91. The van der Waals surface area contributed by atoms with E-state index in [-0.39, 0.29) is 35.9 Å². The Labute approximate surface area is 122 Å². The molecule has 0 aromatic rings. The number of rotatable bonds is 1. The lowest BCUT2D eigenvalue weighted by Crippen LogP contribution is -2.54. The van der Waals surface area contributed by atoms with Crippen molar-refractivity contribution in [2.24, 2.45) is 11.7 Å². The number of ether oxygens (including phenoxy) is 1. The summed E-state index contributed by atoms with van der Waals surface area (Å²) in [5.74, 6) is 0.244. The molecule has 0 aromatic heterocycles. The van der Waals surface area contributed by atoms with E-state index in [1.54, 1.807) is 0 Å². The van der Waals surface area contributed by atoms with Crippen LogP contribution in [0.25, 0.3) is 0 Å².